The smallest absolute Gasteiger partial charge is 0.319 e. The van der Waals surface area contributed by atoms with Gasteiger partial charge >= 0.3 is 11.9 Å². The van der Waals surface area contributed by atoms with Gasteiger partial charge in [-0.1, -0.05) is 0 Å². The molecule has 7 heteroatoms. The predicted molar refractivity (Wildman–Crippen MR) is 37.1 cm³/mol. The lowest BCUT2D eigenvalue weighted by Crippen LogP contribution is -2.19. The fourth-order valence-electron chi connectivity index (χ4n) is 0.380. The molecule has 0 saturated heterocycles. The molecule has 0 bridgehead atoms. The topological polar surface area (TPSA) is 104 Å². The van der Waals surface area contributed by atoms with E-state index >= 15 is 0 Å². The maximum Gasteiger partial charge on any atom is 0.319 e. The number of nitroso groups, excluding NO2 is 1. The van der Waals surface area contributed by atoms with Crippen LogP contribution in [0.4, 0.5) is 0 Å². The van der Waals surface area contributed by atoms with Gasteiger partial charge in [-0.25, -0.2) is 0 Å². The van der Waals surface area contributed by atoms with Crippen molar-refractivity contribution in [3.05, 3.63) is 4.91 Å². The number of hydrogen-bond donors (Lipinski definition) is 2. The van der Waals surface area contributed by atoms with E-state index in [4.69, 9.17) is 10.2 Å². The molecule has 0 aromatic carbocycles. The van der Waals surface area contributed by atoms with Gasteiger partial charge in [-0.2, -0.15) is 0 Å². The van der Waals surface area contributed by atoms with E-state index in [0.717, 1.165) is 0 Å². The standard InChI is InChI=1S/C4H5NO5S/c6-3(7)1-2(4(8)9)11-5-10/h2H,1H2,(H,6,7)(H,8,9)/i5+1. The van der Waals surface area contributed by atoms with Crippen LogP contribution in [0, 0.1) is 4.91 Å². The molecule has 0 spiro atoms. The molecule has 0 saturated carbocycles. The van der Waals surface area contributed by atoms with Gasteiger partial charge in [-0.15, -0.1) is 4.91 Å². The molecule has 11 heavy (non-hydrogen) atoms. The van der Waals surface area contributed by atoms with E-state index in [1.54, 1.807) is 0 Å². The van der Waals surface area contributed by atoms with E-state index in [1.807, 2.05) is 0 Å². The lowest BCUT2D eigenvalue weighted by Gasteiger charge is -2.01. The van der Waals surface area contributed by atoms with Crippen LogP contribution in [0.25, 0.3) is 0 Å². The monoisotopic (exact) mass is 180 g/mol. The Kier molecular flexibility index (Phi) is 4.20. The normalized spacial score (nSPS) is 12.0. The zero-order valence-electron chi connectivity index (χ0n) is 5.26. The molecule has 1 unspecified atom stereocenters. The molecule has 0 aromatic heterocycles. The third-order valence-electron chi connectivity index (χ3n) is 0.806. The number of carboxylic acid groups (broad SMARTS) is 2. The van der Waals surface area contributed by atoms with E-state index in [2.05, 4.69) is 4.58 Å². The summed E-state index contributed by atoms with van der Waals surface area (Å²) >= 11 is 0.202. The van der Waals surface area contributed by atoms with Crippen molar-refractivity contribution in [1.82, 2.24) is 0 Å². The highest BCUT2D eigenvalue weighted by Crippen LogP contribution is 2.15. The Bertz CT molecular complexity index is 181. The Balaban J connectivity index is 3.99. The number of carbonyl (C=O) groups is 2. The van der Waals surface area contributed by atoms with Crippen molar-refractivity contribution in [3.63, 3.8) is 0 Å². The average molecular weight is 180 g/mol. The summed E-state index contributed by atoms with van der Waals surface area (Å²) in [7, 11) is 0. The molecule has 0 aliphatic carbocycles. The summed E-state index contributed by atoms with van der Waals surface area (Å²) in [6.07, 6.45) is -0.605. The minimum Gasteiger partial charge on any atom is -0.481 e. The number of hydrogen-bond acceptors (Lipinski definition) is 5. The second-order valence-corrected chi connectivity index (χ2v) is 2.53. The number of rotatable bonds is 5. The van der Waals surface area contributed by atoms with Crippen LogP contribution in [-0.2, 0) is 9.59 Å². The van der Waals surface area contributed by atoms with E-state index in [0.29, 0.717) is 0 Å². The first-order valence-corrected chi connectivity index (χ1v) is 3.34. The SMILES string of the molecule is O=[15N]SC(CC(=O)O)C(=O)O. The van der Waals surface area contributed by atoms with E-state index in [-0.39, 0.29) is 11.9 Å². The van der Waals surface area contributed by atoms with Gasteiger partial charge in [0, 0.05) is 16.5 Å². The Morgan fingerprint density at radius 3 is 2.27 bits per heavy atom. The van der Waals surface area contributed by atoms with Crippen LogP contribution in [0.2, 0.25) is 0 Å². The van der Waals surface area contributed by atoms with Crippen LogP contribution in [0.5, 0.6) is 0 Å². The van der Waals surface area contributed by atoms with Crippen LogP contribution >= 0.6 is 11.9 Å². The van der Waals surface area contributed by atoms with Crippen molar-refractivity contribution in [2.24, 2.45) is 4.58 Å². The molecule has 2 N–H and O–H groups in total. The Labute approximate surface area is 65.7 Å². The molecule has 0 aliphatic rings. The summed E-state index contributed by atoms with van der Waals surface area (Å²) in [5.74, 6) is -2.62. The summed E-state index contributed by atoms with van der Waals surface area (Å²) in [5, 5.41) is 15.1. The summed E-state index contributed by atoms with van der Waals surface area (Å²) in [6, 6.07) is 0. The third kappa shape index (κ3) is 4.31. The lowest BCUT2D eigenvalue weighted by molar-refractivity contribution is -0.142. The largest absolute Gasteiger partial charge is 0.481 e. The van der Waals surface area contributed by atoms with E-state index in [1.165, 1.54) is 0 Å². The van der Waals surface area contributed by atoms with Crippen LogP contribution in [0.1, 0.15) is 6.42 Å². The minimum absolute atomic E-state index is 0.202. The van der Waals surface area contributed by atoms with Gasteiger partial charge in [0.15, 0.2) is 0 Å². The van der Waals surface area contributed by atoms with Crippen molar-refractivity contribution >= 4 is 23.9 Å². The van der Waals surface area contributed by atoms with Gasteiger partial charge in [-0.05, 0) is 0 Å². The highest BCUT2D eigenvalue weighted by molar-refractivity contribution is 7.99. The fraction of sp³-hybridized carbons (Fsp3) is 0.500. The molecular weight excluding hydrogens is 175 g/mol. The van der Waals surface area contributed by atoms with E-state index in [9.17, 15) is 14.5 Å². The molecule has 0 aliphatic heterocycles. The van der Waals surface area contributed by atoms with Gasteiger partial charge in [0.05, 0.1) is 6.42 Å². The maximum absolute atomic E-state index is 10.1. The molecule has 0 heterocycles. The first kappa shape index (κ1) is 9.89. The second-order valence-electron chi connectivity index (χ2n) is 1.60. The maximum atomic E-state index is 10.1. The summed E-state index contributed by atoms with van der Waals surface area (Å²) in [6.45, 7) is 0. The molecule has 0 radical (unpaired) electrons. The molecule has 0 amide bonds. The first-order chi connectivity index (χ1) is 5.07. The Morgan fingerprint density at radius 1 is 1.45 bits per heavy atom. The van der Waals surface area contributed by atoms with Gasteiger partial charge in [0.2, 0.25) is 0 Å². The van der Waals surface area contributed by atoms with Crippen molar-refractivity contribution in [3.8, 4) is 0 Å². The van der Waals surface area contributed by atoms with Crippen molar-refractivity contribution < 1.29 is 19.8 Å². The van der Waals surface area contributed by atoms with Crippen LogP contribution < -0.4 is 0 Å². The average Bonchev–Trinajstić information content (AvgIpc) is 1.86. The summed E-state index contributed by atoms with van der Waals surface area (Å²) in [4.78, 5) is 29.7. The van der Waals surface area contributed by atoms with Gasteiger partial charge in [0.1, 0.15) is 5.25 Å². The number of aliphatic carboxylic acids is 2. The van der Waals surface area contributed by atoms with Crippen molar-refractivity contribution in [1.29, 1.82) is 0 Å². The molecule has 62 valence electrons. The van der Waals surface area contributed by atoms with Crippen molar-refractivity contribution in [2.45, 2.75) is 11.7 Å². The summed E-state index contributed by atoms with van der Waals surface area (Å²) < 4.78 is 2.23. The van der Waals surface area contributed by atoms with Gasteiger partial charge < -0.3 is 10.2 Å². The predicted octanol–water partition coefficient (Wildman–Crippen LogP) is 0.329. The van der Waals surface area contributed by atoms with Gasteiger partial charge in [0.25, 0.3) is 0 Å². The molecular formula is C4H5NO5S. The Hall–Kier alpha value is -1.11. The fourth-order valence-corrected chi connectivity index (χ4v) is 0.791. The van der Waals surface area contributed by atoms with Crippen LogP contribution in [0.3, 0.4) is 0 Å². The Morgan fingerprint density at radius 2 is 2.00 bits per heavy atom. The summed E-state index contributed by atoms with van der Waals surface area (Å²) in [5.41, 5.74) is 0. The molecule has 0 aromatic rings. The van der Waals surface area contributed by atoms with Crippen LogP contribution in [-0.4, -0.2) is 27.4 Å². The second kappa shape index (κ2) is 4.67. The highest BCUT2D eigenvalue weighted by Gasteiger charge is 2.22. The molecule has 0 rings (SSSR count). The minimum atomic E-state index is -1.35. The molecule has 0 fully saturated rings. The van der Waals surface area contributed by atoms with Crippen LogP contribution in [0.15, 0.2) is 4.58 Å². The zero-order chi connectivity index (χ0) is 8.85. The van der Waals surface area contributed by atoms with E-state index < -0.39 is 23.6 Å². The number of nitrogens with zero attached hydrogens (tertiary/aromatic N) is 1. The zero-order valence-corrected chi connectivity index (χ0v) is 6.08. The lowest BCUT2D eigenvalue weighted by atomic mass is 10.3. The van der Waals surface area contributed by atoms with Gasteiger partial charge in [-0.3, -0.25) is 9.59 Å². The quantitative estimate of drug-likeness (QED) is 0.359. The highest BCUT2D eigenvalue weighted by atomic mass is 32.2. The third-order valence-corrected chi connectivity index (χ3v) is 1.51. The number of carboxylic acids is 2. The van der Waals surface area contributed by atoms with Crippen molar-refractivity contribution in [2.75, 3.05) is 0 Å². The molecule has 6 nitrogen and oxygen atoms in total. The molecule has 1 atom stereocenters. The first-order valence-electron chi connectivity index (χ1n) is 2.51.